The van der Waals surface area contributed by atoms with Gasteiger partial charge in [0.2, 0.25) is 15.9 Å². The number of piperidine rings is 1. The minimum absolute atomic E-state index is 0.0361. The van der Waals surface area contributed by atoms with E-state index in [1.54, 1.807) is 6.92 Å². The molecule has 0 N–H and O–H groups in total. The van der Waals surface area contributed by atoms with Gasteiger partial charge in [-0.1, -0.05) is 0 Å². The van der Waals surface area contributed by atoms with Gasteiger partial charge in [0, 0.05) is 45.5 Å². The summed E-state index contributed by atoms with van der Waals surface area (Å²) in [4.78, 5) is 14.4. The van der Waals surface area contributed by atoms with Gasteiger partial charge in [0.1, 0.15) is 6.61 Å². The summed E-state index contributed by atoms with van der Waals surface area (Å²) in [5, 5.41) is 0. The van der Waals surface area contributed by atoms with Crippen LogP contribution in [0.2, 0.25) is 0 Å². The molecule has 8 heteroatoms. The zero-order chi connectivity index (χ0) is 16.9. The lowest BCUT2D eigenvalue weighted by atomic mass is 9.99. The highest BCUT2D eigenvalue weighted by Gasteiger charge is 2.36. The molecule has 1 atom stereocenters. The number of methoxy groups -OCH3 is 1. The summed E-state index contributed by atoms with van der Waals surface area (Å²) in [5.74, 6) is 0.0448. The Morgan fingerprint density at radius 1 is 1.26 bits per heavy atom. The fourth-order valence-electron chi connectivity index (χ4n) is 3.45. The van der Waals surface area contributed by atoms with Crippen molar-refractivity contribution in [1.82, 2.24) is 9.21 Å². The molecule has 2 fully saturated rings. The Morgan fingerprint density at radius 3 is 2.57 bits per heavy atom. The van der Waals surface area contributed by atoms with Crippen molar-refractivity contribution in [2.24, 2.45) is 0 Å². The van der Waals surface area contributed by atoms with Crippen molar-refractivity contribution >= 4 is 15.9 Å². The second-order valence-electron chi connectivity index (χ2n) is 6.13. The van der Waals surface area contributed by atoms with Crippen molar-refractivity contribution in [2.75, 3.05) is 45.8 Å². The highest BCUT2D eigenvalue weighted by molar-refractivity contribution is 7.89. The molecule has 2 saturated heterocycles. The summed E-state index contributed by atoms with van der Waals surface area (Å²) >= 11 is 0. The number of sulfonamides is 1. The maximum Gasteiger partial charge on any atom is 0.249 e. The molecule has 2 rings (SSSR count). The van der Waals surface area contributed by atoms with Crippen LogP contribution in [0.5, 0.6) is 0 Å². The van der Waals surface area contributed by atoms with Crippen LogP contribution in [0.4, 0.5) is 0 Å². The van der Waals surface area contributed by atoms with Gasteiger partial charge >= 0.3 is 0 Å². The molecule has 0 bridgehead atoms. The second-order valence-corrected chi connectivity index (χ2v) is 8.39. The molecule has 0 radical (unpaired) electrons. The number of hydrogen-bond acceptors (Lipinski definition) is 5. The Hall–Kier alpha value is -0.700. The van der Waals surface area contributed by atoms with Crippen LogP contribution in [0.1, 0.15) is 32.6 Å². The van der Waals surface area contributed by atoms with Crippen molar-refractivity contribution in [3.8, 4) is 0 Å². The van der Waals surface area contributed by atoms with E-state index in [2.05, 4.69) is 0 Å². The van der Waals surface area contributed by atoms with E-state index in [4.69, 9.17) is 9.47 Å². The Labute approximate surface area is 139 Å². The number of carbonyl (C=O) groups excluding carboxylic acids is 1. The second kappa shape index (κ2) is 8.41. The standard InChI is InChI=1S/C15H28N2O5S/c1-3-23(19,20)16-8-4-5-14(11-16)17(15(18)12-21-2)13-6-9-22-10-7-13/h13-14H,3-12H2,1-2H3. The maximum absolute atomic E-state index is 12.6. The monoisotopic (exact) mass is 348 g/mol. The first-order chi connectivity index (χ1) is 11.0. The van der Waals surface area contributed by atoms with E-state index < -0.39 is 10.0 Å². The third-order valence-electron chi connectivity index (χ3n) is 4.65. The van der Waals surface area contributed by atoms with E-state index in [1.165, 1.54) is 11.4 Å². The molecule has 23 heavy (non-hydrogen) atoms. The van der Waals surface area contributed by atoms with Crippen LogP contribution in [0.3, 0.4) is 0 Å². The van der Waals surface area contributed by atoms with Gasteiger partial charge in [-0.2, -0.15) is 4.31 Å². The molecule has 0 aliphatic carbocycles. The number of carbonyl (C=O) groups is 1. The first kappa shape index (κ1) is 18.6. The number of rotatable bonds is 6. The van der Waals surface area contributed by atoms with Gasteiger partial charge in [0.25, 0.3) is 0 Å². The van der Waals surface area contributed by atoms with Crippen LogP contribution in [0.25, 0.3) is 0 Å². The molecule has 1 unspecified atom stereocenters. The van der Waals surface area contributed by atoms with Crippen molar-refractivity contribution < 1.29 is 22.7 Å². The summed E-state index contributed by atoms with van der Waals surface area (Å²) in [7, 11) is -1.71. The molecule has 2 aliphatic heterocycles. The predicted molar refractivity (Wildman–Crippen MR) is 86.6 cm³/mol. The fourth-order valence-corrected chi connectivity index (χ4v) is 4.62. The first-order valence-corrected chi connectivity index (χ1v) is 9.96. The van der Waals surface area contributed by atoms with Gasteiger partial charge in [-0.15, -0.1) is 0 Å². The van der Waals surface area contributed by atoms with E-state index in [9.17, 15) is 13.2 Å². The van der Waals surface area contributed by atoms with Gasteiger partial charge in [0.05, 0.1) is 5.75 Å². The van der Waals surface area contributed by atoms with Gasteiger partial charge < -0.3 is 14.4 Å². The average molecular weight is 348 g/mol. The molecular formula is C15H28N2O5S. The Balaban J connectivity index is 2.15. The molecule has 2 aliphatic rings. The molecule has 1 amide bonds. The minimum Gasteiger partial charge on any atom is -0.381 e. The van der Waals surface area contributed by atoms with Crippen molar-refractivity contribution in [3.63, 3.8) is 0 Å². The van der Waals surface area contributed by atoms with Gasteiger partial charge in [-0.3, -0.25) is 4.79 Å². The van der Waals surface area contributed by atoms with Crippen LogP contribution in [-0.4, -0.2) is 81.4 Å². The molecule has 0 aromatic rings. The summed E-state index contributed by atoms with van der Waals surface area (Å²) in [5.41, 5.74) is 0. The lowest BCUT2D eigenvalue weighted by molar-refractivity contribution is -0.143. The third-order valence-corrected chi connectivity index (χ3v) is 6.50. The smallest absolute Gasteiger partial charge is 0.249 e. The zero-order valence-corrected chi connectivity index (χ0v) is 14.9. The van der Waals surface area contributed by atoms with Crippen LogP contribution >= 0.6 is 0 Å². The summed E-state index contributed by atoms with van der Waals surface area (Å²) in [6, 6.07) is 0.0384. The topological polar surface area (TPSA) is 76.2 Å². The Kier molecular flexibility index (Phi) is 6.82. The summed E-state index contributed by atoms with van der Waals surface area (Å²) < 4.78 is 36.3. The third kappa shape index (κ3) is 4.65. The van der Waals surface area contributed by atoms with Crippen LogP contribution in [0.15, 0.2) is 0 Å². The molecular weight excluding hydrogens is 320 g/mol. The van der Waals surface area contributed by atoms with Gasteiger partial charge in [0.15, 0.2) is 0 Å². The number of amides is 1. The maximum atomic E-state index is 12.6. The quantitative estimate of drug-likeness (QED) is 0.697. The lowest BCUT2D eigenvalue weighted by Crippen LogP contribution is -2.57. The van der Waals surface area contributed by atoms with Crippen molar-refractivity contribution in [2.45, 2.75) is 44.7 Å². The number of nitrogens with zero attached hydrogens (tertiary/aromatic N) is 2. The van der Waals surface area contributed by atoms with E-state index >= 15 is 0 Å². The average Bonchev–Trinajstić information content (AvgIpc) is 2.56. The molecule has 0 aromatic carbocycles. The predicted octanol–water partition coefficient (Wildman–Crippen LogP) is 0.455. The summed E-state index contributed by atoms with van der Waals surface area (Å²) in [6.07, 6.45) is 3.21. The molecule has 0 aromatic heterocycles. The lowest BCUT2D eigenvalue weighted by Gasteiger charge is -2.43. The van der Waals surface area contributed by atoms with E-state index in [-0.39, 0.29) is 30.4 Å². The van der Waals surface area contributed by atoms with E-state index in [0.717, 1.165) is 25.7 Å². The van der Waals surface area contributed by atoms with Gasteiger partial charge in [-0.05, 0) is 32.6 Å². The van der Waals surface area contributed by atoms with Crippen LogP contribution < -0.4 is 0 Å². The normalized spacial score (nSPS) is 24.5. The van der Waals surface area contributed by atoms with Crippen LogP contribution in [-0.2, 0) is 24.3 Å². The van der Waals surface area contributed by atoms with Crippen molar-refractivity contribution in [3.05, 3.63) is 0 Å². The molecule has 2 heterocycles. The van der Waals surface area contributed by atoms with Crippen molar-refractivity contribution in [1.29, 1.82) is 0 Å². The molecule has 134 valence electrons. The Bertz CT molecular complexity index is 490. The first-order valence-electron chi connectivity index (χ1n) is 8.35. The minimum atomic E-state index is -3.22. The van der Waals surface area contributed by atoms with E-state index in [0.29, 0.717) is 26.3 Å². The van der Waals surface area contributed by atoms with Gasteiger partial charge in [-0.25, -0.2) is 8.42 Å². The molecule has 0 spiro atoms. The number of ether oxygens (including phenoxy) is 2. The molecule has 0 saturated carbocycles. The molecule has 7 nitrogen and oxygen atoms in total. The fraction of sp³-hybridized carbons (Fsp3) is 0.933. The SMILES string of the molecule is CCS(=O)(=O)N1CCCC(N(C(=O)COC)C2CCOCC2)C1. The van der Waals surface area contributed by atoms with E-state index in [1.807, 2.05) is 4.90 Å². The highest BCUT2D eigenvalue weighted by atomic mass is 32.2. The van der Waals surface area contributed by atoms with Crippen LogP contribution in [0, 0.1) is 0 Å². The summed E-state index contributed by atoms with van der Waals surface area (Å²) in [6.45, 7) is 3.92. The largest absolute Gasteiger partial charge is 0.381 e. The highest BCUT2D eigenvalue weighted by Crippen LogP contribution is 2.25. The number of hydrogen-bond donors (Lipinski definition) is 0. The Morgan fingerprint density at radius 2 is 1.96 bits per heavy atom. The zero-order valence-electron chi connectivity index (χ0n) is 14.1.